The van der Waals surface area contributed by atoms with Crippen LogP contribution in [0.25, 0.3) is 16.6 Å². The van der Waals surface area contributed by atoms with Crippen LogP contribution < -0.4 is 5.56 Å². The Balaban J connectivity index is 1.92. The lowest BCUT2D eigenvalue weighted by atomic mass is 10.0. The normalized spacial score (nSPS) is 12.6. The molecule has 8 heteroatoms. The van der Waals surface area contributed by atoms with Crippen LogP contribution >= 0.6 is 0 Å². The lowest BCUT2D eigenvalue weighted by molar-refractivity contribution is -0.137. The van der Waals surface area contributed by atoms with Gasteiger partial charge >= 0.3 is 6.18 Å². The van der Waals surface area contributed by atoms with Crippen LogP contribution in [-0.4, -0.2) is 26.9 Å². The van der Waals surface area contributed by atoms with Crippen molar-refractivity contribution in [3.63, 3.8) is 0 Å². The van der Waals surface area contributed by atoms with Crippen LogP contribution in [0.15, 0.2) is 77.6 Å². The van der Waals surface area contributed by atoms with E-state index in [9.17, 15) is 22.8 Å². The van der Waals surface area contributed by atoms with Crippen LogP contribution in [0, 0.1) is 5.92 Å². The van der Waals surface area contributed by atoms with E-state index >= 15 is 0 Å². The number of carbonyl (C=O) groups excluding carboxylic acids is 1. The van der Waals surface area contributed by atoms with Crippen molar-refractivity contribution in [2.24, 2.45) is 5.92 Å². The second-order valence-corrected chi connectivity index (χ2v) is 10.0. The zero-order valence-corrected chi connectivity index (χ0v) is 22.5. The molecule has 0 saturated heterocycles. The number of aromatic nitrogens is 2. The van der Waals surface area contributed by atoms with Gasteiger partial charge < -0.3 is 4.90 Å². The van der Waals surface area contributed by atoms with Crippen LogP contribution in [0.5, 0.6) is 0 Å². The van der Waals surface area contributed by atoms with Crippen LogP contribution in [0.4, 0.5) is 13.2 Å². The predicted molar refractivity (Wildman–Crippen MR) is 147 cm³/mol. The van der Waals surface area contributed by atoms with E-state index in [1.165, 1.54) is 17.0 Å². The lowest BCUT2D eigenvalue weighted by Gasteiger charge is -2.31. The molecule has 0 bridgehead atoms. The van der Waals surface area contributed by atoms with Gasteiger partial charge in [-0.2, -0.15) is 13.2 Å². The van der Waals surface area contributed by atoms with Crippen LogP contribution in [0.2, 0.25) is 0 Å². The molecule has 0 aliphatic heterocycles. The van der Waals surface area contributed by atoms with Crippen molar-refractivity contribution in [1.29, 1.82) is 0 Å². The Morgan fingerprint density at radius 3 is 2.36 bits per heavy atom. The molecule has 3 aromatic carbocycles. The van der Waals surface area contributed by atoms with Gasteiger partial charge in [0, 0.05) is 12.1 Å². The van der Waals surface area contributed by atoms with Gasteiger partial charge in [-0.15, -0.1) is 0 Å². The van der Waals surface area contributed by atoms with Gasteiger partial charge in [0.15, 0.2) is 0 Å². The van der Waals surface area contributed by atoms with E-state index in [2.05, 4.69) is 0 Å². The zero-order chi connectivity index (χ0) is 28.3. The number of nitrogens with zero attached hydrogens (tertiary/aromatic N) is 3. The first kappa shape index (κ1) is 28.1. The first-order chi connectivity index (χ1) is 18.5. The van der Waals surface area contributed by atoms with Gasteiger partial charge in [0.05, 0.1) is 28.2 Å². The number of aryl methyl sites for hydroxylation is 1. The molecule has 0 fully saturated rings. The monoisotopic (exact) mass is 535 g/mol. The highest BCUT2D eigenvalue weighted by molar-refractivity contribution is 5.94. The number of rotatable bonds is 8. The number of hydrogen-bond acceptors (Lipinski definition) is 3. The zero-order valence-electron chi connectivity index (χ0n) is 22.5. The maximum absolute atomic E-state index is 13.9. The lowest BCUT2D eigenvalue weighted by Crippen LogP contribution is -2.38. The van der Waals surface area contributed by atoms with Gasteiger partial charge in [0.2, 0.25) is 0 Å². The molecule has 1 amide bonds. The van der Waals surface area contributed by atoms with Crippen molar-refractivity contribution in [3.05, 3.63) is 106 Å². The second kappa shape index (κ2) is 11.4. The molecule has 0 aliphatic rings. The van der Waals surface area contributed by atoms with Gasteiger partial charge in [-0.3, -0.25) is 14.2 Å². The Labute approximate surface area is 225 Å². The summed E-state index contributed by atoms with van der Waals surface area (Å²) in [6.07, 6.45) is -3.28. The average Bonchev–Trinajstić information content (AvgIpc) is 2.92. The van der Waals surface area contributed by atoms with Crippen molar-refractivity contribution in [2.45, 2.75) is 52.8 Å². The number of fused-ring (bicyclic) bond motifs is 1. The van der Waals surface area contributed by atoms with Gasteiger partial charge in [0.25, 0.3) is 11.5 Å². The van der Waals surface area contributed by atoms with Crippen molar-refractivity contribution in [2.75, 3.05) is 6.54 Å². The van der Waals surface area contributed by atoms with Gasteiger partial charge in [0.1, 0.15) is 5.82 Å². The molecule has 1 unspecified atom stereocenters. The van der Waals surface area contributed by atoms with Crippen LogP contribution in [0.1, 0.15) is 67.5 Å². The summed E-state index contributed by atoms with van der Waals surface area (Å²) in [4.78, 5) is 34.1. The molecule has 1 aromatic heterocycles. The topological polar surface area (TPSA) is 55.2 Å². The Hall–Kier alpha value is -3.94. The summed E-state index contributed by atoms with van der Waals surface area (Å²) >= 11 is 0. The van der Waals surface area contributed by atoms with Crippen molar-refractivity contribution >= 4 is 16.8 Å². The highest BCUT2D eigenvalue weighted by Gasteiger charge is 2.33. The molecule has 1 heterocycles. The fourth-order valence-corrected chi connectivity index (χ4v) is 4.69. The third-order valence-corrected chi connectivity index (χ3v) is 6.90. The van der Waals surface area contributed by atoms with E-state index in [0.29, 0.717) is 35.3 Å². The van der Waals surface area contributed by atoms with Gasteiger partial charge in [-0.25, -0.2) is 4.98 Å². The average molecular weight is 536 g/mol. The molecule has 5 nitrogen and oxygen atoms in total. The standard InChI is InChI=1S/C31H32F3N3O2/c1-5-22-11-6-9-16-27(22)37-28(35-26-15-8-7-14-25(26)30(37)39)21(4)36(18-17-20(2)3)29(38)23-12-10-13-24(19-23)31(32,33)34/h6-16,19-21H,5,17-18H2,1-4H3. The molecule has 4 rings (SSSR count). The fraction of sp³-hybridized carbons (Fsp3) is 0.323. The summed E-state index contributed by atoms with van der Waals surface area (Å²) < 4.78 is 41.9. The number of hydrogen-bond donors (Lipinski definition) is 0. The molecule has 4 aromatic rings. The minimum atomic E-state index is -4.57. The molecular weight excluding hydrogens is 503 g/mol. The van der Waals surface area contributed by atoms with Gasteiger partial charge in [-0.05, 0) is 67.6 Å². The maximum Gasteiger partial charge on any atom is 0.416 e. The molecule has 0 N–H and O–H groups in total. The minimum Gasteiger partial charge on any atom is -0.329 e. The third kappa shape index (κ3) is 5.90. The molecule has 0 aliphatic carbocycles. The molecule has 0 radical (unpaired) electrons. The van der Waals surface area contributed by atoms with Gasteiger partial charge in [-0.1, -0.05) is 57.2 Å². The molecule has 204 valence electrons. The summed E-state index contributed by atoms with van der Waals surface area (Å²) in [5, 5.41) is 0.442. The molecule has 39 heavy (non-hydrogen) atoms. The maximum atomic E-state index is 13.9. The smallest absolute Gasteiger partial charge is 0.329 e. The Kier molecular flexibility index (Phi) is 8.23. The Morgan fingerprint density at radius 1 is 0.974 bits per heavy atom. The summed E-state index contributed by atoms with van der Waals surface area (Å²) in [5.74, 6) is 0.0391. The van der Waals surface area contributed by atoms with E-state index in [-0.39, 0.29) is 23.6 Å². The highest BCUT2D eigenvalue weighted by atomic mass is 19.4. The molecule has 1 atom stereocenters. The number of halogens is 3. The SMILES string of the molecule is CCc1ccccc1-n1c(C(C)N(CCC(C)C)C(=O)c2cccc(C(F)(F)F)c2)nc2ccccc2c1=O. The number of amides is 1. The molecule has 0 saturated carbocycles. The second-order valence-electron chi connectivity index (χ2n) is 10.0. The first-order valence-corrected chi connectivity index (χ1v) is 13.1. The van der Waals surface area contributed by atoms with Crippen molar-refractivity contribution in [3.8, 4) is 5.69 Å². The number of alkyl halides is 3. The number of carbonyl (C=O) groups is 1. The third-order valence-electron chi connectivity index (χ3n) is 6.90. The van der Waals surface area contributed by atoms with Crippen LogP contribution in [0.3, 0.4) is 0 Å². The Morgan fingerprint density at radius 2 is 1.67 bits per heavy atom. The summed E-state index contributed by atoms with van der Waals surface area (Å²) in [6, 6.07) is 18.3. The molecule has 0 spiro atoms. The van der Waals surface area contributed by atoms with E-state index in [0.717, 1.165) is 17.7 Å². The Bertz CT molecular complexity index is 1540. The van der Waals surface area contributed by atoms with E-state index < -0.39 is 23.7 Å². The van der Waals surface area contributed by atoms with Crippen molar-refractivity contribution < 1.29 is 18.0 Å². The summed E-state index contributed by atoms with van der Waals surface area (Å²) in [6.45, 7) is 8.08. The van der Waals surface area contributed by atoms with E-state index in [1.807, 2.05) is 45.0 Å². The summed E-state index contributed by atoms with van der Waals surface area (Å²) in [5.41, 5.74) is 0.874. The quantitative estimate of drug-likeness (QED) is 0.239. The predicted octanol–water partition coefficient (Wildman–Crippen LogP) is 7.22. The van der Waals surface area contributed by atoms with E-state index in [1.54, 1.807) is 35.8 Å². The minimum absolute atomic E-state index is 0.0657. The largest absolute Gasteiger partial charge is 0.416 e. The van der Waals surface area contributed by atoms with E-state index in [4.69, 9.17) is 4.98 Å². The highest BCUT2D eigenvalue weighted by Crippen LogP contribution is 2.31. The first-order valence-electron chi connectivity index (χ1n) is 13.1. The summed E-state index contributed by atoms with van der Waals surface area (Å²) in [7, 11) is 0. The number of benzene rings is 3. The van der Waals surface area contributed by atoms with Crippen LogP contribution in [-0.2, 0) is 12.6 Å². The fourth-order valence-electron chi connectivity index (χ4n) is 4.69. The number of para-hydroxylation sites is 2. The molecular formula is C31H32F3N3O2. The van der Waals surface area contributed by atoms with Crippen molar-refractivity contribution in [1.82, 2.24) is 14.5 Å².